The lowest BCUT2D eigenvalue weighted by molar-refractivity contribution is 0.0950. The van der Waals surface area contributed by atoms with E-state index in [1.54, 1.807) is 53.9 Å². The molecule has 30 heavy (non-hydrogen) atoms. The zero-order valence-corrected chi connectivity index (χ0v) is 17.5. The molecule has 0 fully saturated rings. The molecule has 2 heterocycles. The van der Waals surface area contributed by atoms with Crippen molar-refractivity contribution in [1.82, 2.24) is 15.2 Å². The first-order chi connectivity index (χ1) is 14.4. The van der Waals surface area contributed by atoms with Crippen molar-refractivity contribution >= 4 is 62.4 Å². The number of nitrogens with one attached hydrogen (secondary N) is 1. The van der Waals surface area contributed by atoms with Crippen LogP contribution in [0.2, 0.25) is 10.0 Å². The quantitative estimate of drug-likeness (QED) is 0.355. The fourth-order valence-corrected chi connectivity index (χ4v) is 3.81. The smallest absolute Gasteiger partial charge is 0.292 e. The van der Waals surface area contributed by atoms with Gasteiger partial charge in [0.15, 0.2) is 5.69 Å². The van der Waals surface area contributed by atoms with E-state index in [-0.39, 0.29) is 11.1 Å². The van der Waals surface area contributed by atoms with Gasteiger partial charge in [0.25, 0.3) is 11.5 Å². The topological polar surface area (TPSA) is 102 Å². The lowest BCUT2D eigenvalue weighted by atomic mass is 10.2. The number of aromatic nitrogens is 2. The number of anilines is 1. The van der Waals surface area contributed by atoms with Crippen LogP contribution in [0.1, 0.15) is 16.1 Å². The fraction of sp³-hybridized carbons (Fsp3) is 0. The van der Waals surface area contributed by atoms with Gasteiger partial charge in [0.2, 0.25) is 0 Å². The highest BCUT2D eigenvalue weighted by Crippen LogP contribution is 2.27. The van der Waals surface area contributed by atoms with Crippen LogP contribution in [0.4, 0.5) is 5.00 Å². The Labute approximate surface area is 184 Å². The van der Waals surface area contributed by atoms with Crippen LogP contribution in [0.5, 0.6) is 0 Å². The molecule has 0 saturated carbocycles. The number of amides is 1. The largest absolute Gasteiger partial charge is 0.390 e. The molecular weight excluding hydrogens is 445 g/mol. The second kappa shape index (κ2) is 8.27. The van der Waals surface area contributed by atoms with Crippen LogP contribution in [0, 0.1) is 0 Å². The van der Waals surface area contributed by atoms with E-state index in [9.17, 15) is 9.59 Å². The van der Waals surface area contributed by atoms with Gasteiger partial charge in [-0.15, -0.1) is 11.3 Å². The zero-order valence-electron chi connectivity index (χ0n) is 15.2. The summed E-state index contributed by atoms with van der Waals surface area (Å²) in [5.41, 5.74) is 9.24. The Kier molecular flexibility index (Phi) is 5.54. The first-order valence-electron chi connectivity index (χ1n) is 8.59. The molecular formula is C20H13Cl2N5O2S. The van der Waals surface area contributed by atoms with E-state index < -0.39 is 11.5 Å². The van der Waals surface area contributed by atoms with Crippen LogP contribution in [0.3, 0.4) is 0 Å². The van der Waals surface area contributed by atoms with Gasteiger partial charge in [-0.25, -0.2) is 5.43 Å². The molecule has 4 rings (SSSR count). The van der Waals surface area contributed by atoms with E-state index in [0.717, 1.165) is 21.6 Å². The summed E-state index contributed by atoms with van der Waals surface area (Å²) in [5.74, 6) is -0.578. The molecule has 0 aliphatic heterocycles. The lowest BCUT2D eigenvalue weighted by Gasteiger charge is -2.08. The molecule has 0 radical (unpaired) electrons. The molecule has 2 aromatic carbocycles. The Morgan fingerprint density at radius 3 is 2.40 bits per heavy atom. The number of thiophene rings is 1. The Morgan fingerprint density at radius 2 is 1.73 bits per heavy atom. The van der Waals surface area contributed by atoms with Crippen LogP contribution in [-0.4, -0.2) is 21.9 Å². The summed E-state index contributed by atoms with van der Waals surface area (Å²) in [5, 5.41) is 11.9. The van der Waals surface area contributed by atoms with Gasteiger partial charge in [0.05, 0.1) is 22.3 Å². The molecule has 3 N–H and O–H groups in total. The molecule has 4 aromatic rings. The highest BCUT2D eigenvalue weighted by atomic mass is 35.5. The maximum Gasteiger partial charge on any atom is 0.292 e. The first-order valence-corrected chi connectivity index (χ1v) is 10.2. The number of fused-ring (bicyclic) bond motifs is 1. The van der Waals surface area contributed by atoms with Crippen molar-refractivity contribution in [3.8, 4) is 5.69 Å². The van der Waals surface area contributed by atoms with Crippen LogP contribution in [-0.2, 0) is 0 Å². The third-order valence-corrected chi connectivity index (χ3v) is 5.53. The third kappa shape index (κ3) is 3.93. The number of nitrogen functional groups attached to an aromatic ring is 1. The average Bonchev–Trinajstić information content (AvgIpc) is 3.13. The van der Waals surface area contributed by atoms with Crippen molar-refractivity contribution in [3.63, 3.8) is 0 Å². The maximum absolute atomic E-state index is 12.9. The number of halogens is 2. The number of hydrazone groups is 1. The molecule has 0 aliphatic carbocycles. The Balaban J connectivity index is 1.73. The van der Waals surface area contributed by atoms with Gasteiger partial charge < -0.3 is 5.73 Å². The van der Waals surface area contributed by atoms with Crippen molar-refractivity contribution in [2.45, 2.75) is 0 Å². The number of nitrogens with two attached hydrogens (primary N) is 1. The minimum atomic E-state index is -0.578. The summed E-state index contributed by atoms with van der Waals surface area (Å²) in [6, 6.07) is 13.5. The SMILES string of the molecule is Nc1scc2c(C(=O)NN=Cc3ccc(Cl)cc3)nn(-c3ccc(Cl)cc3)c(=O)c12. The van der Waals surface area contributed by atoms with E-state index in [0.29, 0.717) is 26.1 Å². The van der Waals surface area contributed by atoms with Crippen LogP contribution in [0.15, 0.2) is 63.8 Å². The molecule has 10 heteroatoms. The first kappa shape index (κ1) is 20.1. The van der Waals surface area contributed by atoms with Crippen molar-refractivity contribution in [3.05, 3.63) is 85.6 Å². The molecule has 0 aliphatic rings. The Hall–Kier alpha value is -3.20. The van der Waals surface area contributed by atoms with Gasteiger partial charge >= 0.3 is 0 Å². The number of carbonyl (C=O) groups excluding carboxylic acids is 1. The summed E-state index contributed by atoms with van der Waals surface area (Å²) in [6.07, 6.45) is 1.47. The van der Waals surface area contributed by atoms with Crippen molar-refractivity contribution in [2.24, 2.45) is 5.10 Å². The van der Waals surface area contributed by atoms with Crippen molar-refractivity contribution < 1.29 is 4.79 Å². The lowest BCUT2D eigenvalue weighted by Crippen LogP contribution is -2.28. The molecule has 2 aromatic heterocycles. The third-order valence-electron chi connectivity index (χ3n) is 4.22. The Bertz CT molecular complexity index is 1330. The predicted molar refractivity (Wildman–Crippen MR) is 121 cm³/mol. The fourth-order valence-electron chi connectivity index (χ4n) is 2.77. The van der Waals surface area contributed by atoms with Gasteiger partial charge in [0.1, 0.15) is 0 Å². The molecule has 7 nitrogen and oxygen atoms in total. The summed E-state index contributed by atoms with van der Waals surface area (Å²) in [4.78, 5) is 25.7. The van der Waals surface area contributed by atoms with E-state index in [4.69, 9.17) is 28.9 Å². The van der Waals surface area contributed by atoms with E-state index in [2.05, 4.69) is 15.6 Å². The van der Waals surface area contributed by atoms with Crippen LogP contribution >= 0.6 is 34.5 Å². The summed E-state index contributed by atoms with van der Waals surface area (Å²) in [7, 11) is 0. The van der Waals surface area contributed by atoms with Gasteiger partial charge in [0, 0.05) is 20.8 Å². The maximum atomic E-state index is 12.9. The molecule has 150 valence electrons. The van der Waals surface area contributed by atoms with Gasteiger partial charge in [-0.2, -0.15) is 14.9 Å². The average molecular weight is 458 g/mol. The summed E-state index contributed by atoms with van der Waals surface area (Å²) < 4.78 is 1.12. The van der Waals surface area contributed by atoms with Crippen molar-refractivity contribution in [1.29, 1.82) is 0 Å². The summed E-state index contributed by atoms with van der Waals surface area (Å²) >= 11 is 12.9. The zero-order chi connectivity index (χ0) is 21.3. The second-order valence-electron chi connectivity index (χ2n) is 6.18. The number of carbonyl (C=O) groups is 1. The molecule has 0 atom stereocenters. The van der Waals surface area contributed by atoms with Crippen LogP contribution in [0.25, 0.3) is 16.5 Å². The van der Waals surface area contributed by atoms with Crippen molar-refractivity contribution in [2.75, 3.05) is 5.73 Å². The minimum Gasteiger partial charge on any atom is -0.390 e. The van der Waals surface area contributed by atoms with Gasteiger partial charge in [-0.1, -0.05) is 35.3 Å². The molecule has 0 spiro atoms. The normalized spacial score (nSPS) is 11.3. The molecule has 0 unspecified atom stereocenters. The van der Waals surface area contributed by atoms with Gasteiger partial charge in [-0.05, 0) is 42.0 Å². The Morgan fingerprint density at radius 1 is 1.10 bits per heavy atom. The number of benzene rings is 2. The van der Waals surface area contributed by atoms with Crippen LogP contribution < -0.4 is 16.7 Å². The van der Waals surface area contributed by atoms with E-state index >= 15 is 0 Å². The minimum absolute atomic E-state index is 0.0285. The molecule has 0 saturated heterocycles. The van der Waals surface area contributed by atoms with E-state index in [1.807, 2.05) is 0 Å². The standard InChI is InChI=1S/C20H13Cl2N5O2S/c21-12-3-1-11(2-4-12)9-24-25-19(28)17-15-10-30-18(23)16(15)20(29)27(26-17)14-7-5-13(22)6-8-14/h1-10H,23H2,(H,25,28). The number of rotatable bonds is 4. The predicted octanol–water partition coefficient (Wildman–Crippen LogP) is 4.10. The number of hydrogen-bond donors (Lipinski definition) is 2. The number of hydrogen-bond acceptors (Lipinski definition) is 6. The molecule has 1 amide bonds. The highest BCUT2D eigenvalue weighted by molar-refractivity contribution is 7.15. The van der Waals surface area contributed by atoms with Gasteiger partial charge in [-0.3, -0.25) is 9.59 Å². The second-order valence-corrected chi connectivity index (χ2v) is 7.97. The monoisotopic (exact) mass is 457 g/mol. The highest BCUT2D eigenvalue weighted by Gasteiger charge is 2.20. The van der Waals surface area contributed by atoms with E-state index in [1.165, 1.54) is 6.21 Å². The summed E-state index contributed by atoms with van der Waals surface area (Å²) in [6.45, 7) is 0. The number of nitrogens with zero attached hydrogens (tertiary/aromatic N) is 3. The molecule has 0 bridgehead atoms.